The van der Waals surface area contributed by atoms with Gasteiger partial charge in [0.2, 0.25) is 0 Å². The van der Waals surface area contributed by atoms with Crippen LogP contribution in [0, 0.1) is 6.92 Å². The van der Waals surface area contributed by atoms with Gasteiger partial charge in [0.15, 0.2) is 5.96 Å². The zero-order valence-corrected chi connectivity index (χ0v) is 10.9. The van der Waals surface area contributed by atoms with E-state index >= 15 is 0 Å². The third-order valence-electron chi connectivity index (χ3n) is 3.10. The van der Waals surface area contributed by atoms with Gasteiger partial charge in [-0.15, -0.1) is 11.3 Å². The molecule has 2 N–H and O–H groups in total. The van der Waals surface area contributed by atoms with Crippen molar-refractivity contribution in [3.63, 3.8) is 0 Å². The van der Waals surface area contributed by atoms with Gasteiger partial charge in [0, 0.05) is 17.3 Å². The molecular formula is C13H14N4S. The molecule has 1 unspecified atom stereocenters. The molecule has 3 rings (SSSR count). The first-order chi connectivity index (χ1) is 8.77. The maximum absolute atomic E-state index is 6.03. The number of nitrogens with two attached hydrogens (primary N) is 1. The van der Waals surface area contributed by atoms with Crippen molar-refractivity contribution in [2.45, 2.75) is 13.0 Å². The lowest BCUT2D eigenvalue weighted by molar-refractivity contribution is 0.759. The number of aryl methyl sites for hydroxylation is 1. The molecule has 0 aliphatic carbocycles. The summed E-state index contributed by atoms with van der Waals surface area (Å²) in [6, 6.07) is 8.34. The average Bonchev–Trinajstić information content (AvgIpc) is 2.99. The van der Waals surface area contributed by atoms with Gasteiger partial charge >= 0.3 is 0 Å². The number of hydrogen-bond donors (Lipinski definition) is 1. The van der Waals surface area contributed by atoms with Gasteiger partial charge in [-0.3, -0.25) is 4.99 Å². The molecule has 0 fully saturated rings. The molecule has 1 atom stereocenters. The number of hydrogen-bond acceptors (Lipinski definition) is 5. The third-order valence-corrected chi connectivity index (χ3v) is 3.97. The fourth-order valence-corrected chi connectivity index (χ4v) is 2.93. The highest BCUT2D eigenvalue weighted by molar-refractivity contribution is 7.09. The number of anilines is 1. The number of aromatic nitrogens is 1. The van der Waals surface area contributed by atoms with E-state index in [1.807, 2.05) is 23.7 Å². The third kappa shape index (κ3) is 1.76. The van der Waals surface area contributed by atoms with Crippen LogP contribution in [-0.2, 0) is 0 Å². The second-order valence-electron chi connectivity index (χ2n) is 4.24. The van der Waals surface area contributed by atoms with Crippen molar-refractivity contribution in [2.75, 3.05) is 11.4 Å². The smallest absolute Gasteiger partial charge is 0.196 e. The Morgan fingerprint density at radius 3 is 2.94 bits per heavy atom. The molecule has 0 amide bonds. The summed E-state index contributed by atoms with van der Waals surface area (Å²) >= 11 is 1.64. The summed E-state index contributed by atoms with van der Waals surface area (Å²) in [5.41, 5.74) is 8.33. The van der Waals surface area contributed by atoms with E-state index in [1.54, 1.807) is 11.3 Å². The fourth-order valence-electron chi connectivity index (χ4n) is 2.21. The zero-order chi connectivity index (χ0) is 12.5. The number of para-hydroxylation sites is 1. The second kappa shape index (κ2) is 4.42. The first kappa shape index (κ1) is 11.2. The Morgan fingerprint density at radius 1 is 1.39 bits per heavy atom. The molecule has 0 saturated heterocycles. The number of thiazole rings is 1. The van der Waals surface area contributed by atoms with E-state index in [2.05, 4.69) is 33.9 Å². The van der Waals surface area contributed by atoms with E-state index in [0.717, 1.165) is 10.7 Å². The van der Waals surface area contributed by atoms with Crippen LogP contribution in [0.25, 0.3) is 0 Å². The topological polar surface area (TPSA) is 54.5 Å². The van der Waals surface area contributed by atoms with Gasteiger partial charge in [0.25, 0.3) is 0 Å². The van der Waals surface area contributed by atoms with Crippen LogP contribution >= 0.6 is 11.3 Å². The van der Waals surface area contributed by atoms with Crippen LogP contribution in [0.15, 0.2) is 40.8 Å². The van der Waals surface area contributed by atoms with Gasteiger partial charge in [-0.25, -0.2) is 4.98 Å². The lowest BCUT2D eigenvalue weighted by Gasteiger charge is -2.26. The number of benzene rings is 1. The van der Waals surface area contributed by atoms with E-state index in [1.165, 1.54) is 5.56 Å². The Hall–Kier alpha value is -1.88. The normalized spacial score (nSPS) is 19.1. The molecule has 5 heteroatoms. The van der Waals surface area contributed by atoms with Crippen LogP contribution in [0.5, 0.6) is 0 Å². The van der Waals surface area contributed by atoms with Crippen molar-refractivity contribution in [1.29, 1.82) is 0 Å². The summed E-state index contributed by atoms with van der Waals surface area (Å²) in [6.07, 6.45) is 1.82. The minimum Gasteiger partial charge on any atom is -0.369 e. The van der Waals surface area contributed by atoms with Gasteiger partial charge in [-0.2, -0.15) is 0 Å². The van der Waals surface area contributed by atoms with Crippen molar-refractivity contribution in [3.8, 4) is 0 Å². The molecule has 1 aliphatic rings. The molecule has 2 aromatic rings. The first-order valence-corrected chi connectivity index (χ1v) is 6.69. The fraction of sp³-hybridized carbons (Fsp3) is 0.231. The highest BCUT2D eigenvalue weighted by Crippen LogP contribution is 2.33. The summed E-state index contributed by atoms with van der Waals surface area (Å²) in [4.78, 5) is 10.8. The molecule has 92 valence electrons. The lowest BCUT2D eigenvalue weighted by Crippen LogP contribution is -2.36. The van der Waals surface area contributed by atoms with E-state index in [-0.39, 0.29) is 6.04 Å². The van der Waals surface area contributed by atoms with Crippen LogP contribution < -0.4 is 10.6 Å². The van der Waals surface area contributed by atoms with Crippen LogP contribution in [0.2, 0.25) is 0 Å². The molecule has 18 heavy (non-hydrogen) atoms. The Labute approximate surface area is 110 Å². The van der Waals surface area contributed by atoms with Crippen molar-refractivity contribution in [2.24, 2.45) is 10.7 Å². The second-order valence-corrected chi connectivity index (χ2v) is 5.17. The molecule has 2 heterocycles. The molecule has 0 saturated carbocycles. The molecule has 4 nitrogen and oxygen atoms in total. The SMILES string of the molecule is Cc1ccccc1N1C(N)=NCC1c1nccs1. The Kier molecular flexibility index (Phi) is 2.76. The standard InChI is InChI=1S/C13H14N4S/c1-9-4-2-3-5-10(9)17-11(8-16-13(17)14)12-15-6-7-18-12/h2-7,11H,8H2,1H3,(H2,14,16). The molecule has 0 spiro atoms. The van der Waals surface area contributed by atoms with Gasteiger partial charge in [0.1, 0.15) is 11.0 Å². The van der Waals surface area contributed by atoms with Gasteiger partial charge in [-0.05, 0) is 18.6 Å². The van der Waals surface area contributed by atoms with E-state index in [0.29, 0.717) is 12.5 Å². The Balaban J connectivity index is 2.03. The van der Waals surface area contributed by atoms with E-state index < -0.39 is 0 Å². The van der Waals surface area contributed by atoms with Crippen molar-refractivity contribution >= 4 is 23.0 Å². The van der Waals surface area contributed by atoms with E-state index in [4.69, 9.17) is 5.73 Å². The zero-order valence-electron chi connectivity index (χ0n) is 10.1. The summed E-state index contributed by atoms with van der Waals surface area (Å²) in [7, 11) is 0. The van der Waals surface area contributed by atoms with Crippen molar-refractivity contribution in [1.82, 2.24) is 4.98 Å². The minimum absolute atomic E-state index is 0.131. The first-order valence-electron chi connectivity index (χ1n) is 5.81. The number of rotatable bonds is 2. The van der Waals surface area contributed by atoms with Crippen molar-refractivity contribution < 1.29 is 0 Å². The predicted molar refractivity (Wildman–Crippen MR) is 75.0 cm³/mol. The van der Waals surface area contributed by atoms with Crippen LogP contribution in [0.3, 0.4) is 0 Å². The average molecular weight is 258 g/mol. The largest absolute Gasteiger partial charge is 0.369 e. The minimum atomic E-state index is 0.131. The van der Waals surface area contributed by atoms with E-state index in [9.17, 15) is 0 Å². The number of aliphatic imine (C=N–C) groups is 1. The van der Waals surface area contributed by atoms with Gasteiger partial charge < -0.3 is 10.6 Å². The summed E-state index contributed by atoms with van der Waals surface area (Å²) in [5, 5.41) is 3.04. The highest BCUT2D eigenvalue weighted by Gasteiger charge is 2.31. The molecule has 0 radical (unpaired) electrons. The van der Waals surface area contributed by atoms with Gasteiger partial charge in [-0.1, -0.05) is 18.2 Å². The molecule has 1 aliphatic heterocycles. The lowest BCUT2D eigenvalue weighted by atomic mass is 10.1. The summed E-state index contributed by atoms with van der Waals surface area (Å²) in [5.74, 6) is 0.574. The number of nitrogens with zero attached hydrogens (tertiary/aromatic N) is 3. The van der Waals surface area contributed by atoms with Crippen LogP contribution in [0.1, 0.15) is 16.6 Å². The summed E-state index contributed by atoms with van der Waals surface area (Å²) in [6.45, 7) is 2.76. The predicted octanol–water partition coefficient (Wildman–Crippen LogP) is 2.33. The maximum atomic E-state index is 6.03. The monoisotopic (exact) mass is 258 g/mol. The number of guanidine groups is 1. The Morgan fingerprint density at radius 2 is 2.22 bits per heavy atom. The molecular weight excluding hydrogens is 244 g/mol. The summed E-state index contributed by atoms with van der Waals surface area (Å²) < 4.78 is 0. The van der Waals surface area contributed by atoms with Crippen LogP contribution in [0.4, 0.5) is 5.69 Å². The van der Waals surface area contributed by atoms with Gasteiger partial charge in [0.05, 0.1) is 6.54 Å². The molecule has 1 aromatic carbocycles. The molecule has 1 aromatic heterocycles. The quantitative estimate of drug-likeness (QED) is 0.899. The highest BCUT2D eigenvalue weighted by atomic mass is 32.1. The van der Waals surface area contributed by atoms with Crippen LogP contribution in [-0.4, -0.2) is 17.5 Å². The molecule has 0 bridgehead atoms. The Bertz CT molecular complexity index is 576. The maximum Gasteiger partial charge on any atom is 0.196 e. The van der Waals surface area contributed by atoms with Crippen molar-refractivity contribution in [3.05, 3.63) is 46.4 Å².